The van der Waals surface area contributed by atoms with Crippen molar-refractivity contribution in [2.24, 2.45) is 0 Å². The van der Waals surface area contributed by atoms with E-state index in [4.69, 9.17) is 17.0 Å². The van der Waals surface area contributed by atoms with Crippen molar-refractivity contribution in [2.75, 3.05) is 10.6 Å². The summed E-state index contributed by atoms with van der Waals surface area (Å²) in [4.78, 5) is 20.5. The molecule has 0 bridgehead atoms. The van der Waals surface area contributed by atoms with Gasteiger partial charge in [0.05, 0.1) is 10.7 Å². The number of hydrogen-bond acceptors (Lipinski definition) is 10. The number of nitrogens with one attached hydrogen (secondary N) is 4. The number of carbonyl (C=O) groups excluding carboxylic acids is 1. The number of aromatic nitrogens is 3. The van der Waals surface area contributed by atoms with Crippen LogP contribution in [-0.2, 0) is 0 Å². The first-order valence-electron chi connectivity index (χ1n) is 8.59. The Morgan fingerprint density at radius 3 is 2.67 bits per heavy atom. The Morgan fingerprint density at radius 2 is 2.00 bits per heavy atom. The first-order valence-corrected chi connectivity index (χ1v) is 10.6. The van der Waals surface area contributed by atoms with Gasteiger partial charge in [-0.3, -0.25) is 15.2 Å². The molecule has 3 heterocycles. The molecule has 158 valence electrons. The maximum absolute atomic E-state index is 12.6. The maximum Gasteiger partial charge on any atom is 0.271 e. The minimum absolute atomic E-state index is 0.0136. The summed E-state index contributed by atoms with van der Waals surface area (Å²) in [6.07, 6.45) is 2.96. The molecular weight excluding hydrogens is 450 g/mol. The summed E-state index contributed by atoms with van der Waals surface area (Å²) in [5, 5.41) is 37.5. The zero-order chi connectivity index (χ0) is 22.0. The van der Waals surface area contributed by atoms with E-state index in [0.717, 1.165) is 22.9 Å². The second-order valence-corrected chi connectivity index (χ2v) is 8.63. The quantitative estimate of drug-likeness (QED) is 0.237. The van der Waals surface area contributed by atoms with E-state index in [9.17, 15) is 15.0 Å². The van der Waals surface area contributed by atoms with Gasteiger partial charge >= 0.3 is 0 Å². The molecule has 30 heavy (non-hydrogen) atoms. The zero-order valence-electron chi connectivity index (χ0n) is 16.1. The highest BCUT2D eigenvalue weighted by atomic mass is 35.5. The van der Waals surface area contributed by atoms with Gasteiger partial charge < -0.3 is 26.2 Å². The van der Waals surface area contributed by atoms with Crippen LogP contribution in [0.15, 0.2) is 12.4 Å². The average Bonchev–Trinajstić information content (AvgIpc) is 3.20. The molecule has 13 heteroatoms. The molecule has 0 aliphatic carbocycles. The van der Waals surface area contributed by atoms with Crippen molar-refractivity contribution in [1.29, 1.82) is 5.41 Å². The largest absolute Gasteiger partial charge is 0.492 e. The van der Waals surface area contributed by atoms with Crippen LogP contribution in [0.1, 0.15) is 34.6 Å². The molecule has 0 saturated heterocycles. The van der Waals surface area contributed by atoms with Crippen LogP contribution in [0.3, 0.4) is 0 Å². The molecule has 10 nitrogen and oxygen atoms in total. The predicted molar refractivity (Wildman–Crippen MR) is 118 cm³/mol. The number of amides is 1. The van der Waals surface area contributed by atoms with Crippen LogP contribution in [0.5, 0.6) is 11.8 Å². The van der Waals surface area contributed by atoms with E-state index in [1.165, 1.54) is 6.20 Å². The molecule has 3 aromatic heterocycles. The van der Waals surface area contributed by atoms with E-state index in [1.807, 2.05) is 13.8 Å². The molecule has 1 amide bonds. The number of aryl methyl sites for hydroxylation is 1. The van der Waals surface area contributed by atoms with Gasteiger partial charge in [-0.2, -0.15) is 9.36 Å². The average molecular weight is 468 g/mol. The summed E-state index contributed by atoms with van der Waals surface area (Å²) in [7, 11) is 0. The van der Waals surface area contributed by atoms with Gasteiger partial charge in [0.25, 0.3) is 5.91 Å². The highest BCUT2D eigenvalue weighted by molar-refractivity contribution is 7.18. The molecule has 0 aliphatic heterocycles. The topological polar surface area (TPSA) is 156 Å². The number of aromatic hydroxyl groups is 2. The van der Waals surface area contributed by atoms with Crippen molar-refractivity contribution in [3.8, 4) is 11.8 Å². The van der Waals surface area contributed by atoms with Crippen molar-refractivity contribution in [3.05, 3.63) is 33.4 Å². The van der Waals surface area contributed by atoms with E-state index in [-0.39, 0.29) is 38.4 Å². The molecule has 0 saturated carbocycles. The number of rotatable bonds is 6. The van der Waals surface area contributed by atoms with Gasteiger partial charge in [-0.25, -0.2) is 0 Å². The van der Waals surface area contributed by atoms with Crippen molar-refractivity contribution < 1.29 is 15.0 Å². The fourth-order valence-electron chi connectivity index (χ4n) is 2.42. The van der Waals surface area contributed by atoms with E-state index in [2.05, 4.69) is 30.3 Å². The van der Waals surface area contributed by atoms with Crippen molar-refractivity contribution in [2.45, 2.75) is 26.8 Å². The van der Waals surface area contributed by atoms with Crippen LogP contribution in [-0.4, -0.2) is 42.3 Å². The molecule has 3 rings (SSSR count). The lowest BCUT2D eigenvalue weighted by Crippen LogP contribution is -2.30. The summed E-state index contributed by atoms with van der Waals surface area (Å²) in [5.41, 5.74) is 1.23. The molecule has 0 unspecified atom stereocenters. The third-order valence-corrected chi connectivity index (χ3v) is 5.72. The van der Waals surface area contributed by atoms with Crippen LogP contribution >= 0.6 is 34.5 Å². The molecule has 0 spiro atoms. The summed E-state index contributed by atoms with van der Waals surface area (Å²) in [5.74, 6) is -1.37. The summed E-state index contributed by atoms with van der Waals surface area (Å²) < 4.78 is 3.85. The van der Waals surface area contributed by atoms with Gasteiger partial charge in [0.2, 0.25) is 11.8 Å². The second kappa shape index (κ2) is 8.81. The van der Waals surface area contributed by atoms with Gasteiger partial charge in [-0.1, -0.05) is 22.9 Å². The van der Waals surface area contributed by atoms with Gasteiger partial charge in [0, 0.05) is 18.4 Å². The SMILES string of the molecule is Cc1cncc(Cl)c1NC(=O)c1sc(Nc2snc(O)c2C(=N)NC(C)C)nc1O. The van der Waals surface area contributed by atoms with Gasteiger partial charge in [-0.15, -0.1) is 0 Å². The minimum atomic E-state index is -0.587. The van der Waals surface area contributed by atoms with E-state index >= 15 is 0 Å². The summed E-state index contributed by atoms with van der Waals surface area (Å²) in [6.45, 7) is 5.46. The highest BCUT2D eigenvalue weighted by Crippen LogP contribution is 2.36. The van der Waals surface area contributed by atoms with Crippen molar-refractivity contribution in [1.82, 2.24) is 19.7 Å². The number of pyridine rings is 1. The first kappa shape index (κ1) is 21.7. The molecule has 0 aliphatic rings. The van der Waals surface area contributed by atoms with E-state index in [0.29, 0.717) is 16.3 Å². The third-order valence-electron chi connectivity index (χ3n) is 3.72. The van der Waals surface area contributed by atoms with Crippen LogP contribution in [0, 0.1) is 12.3 Å². The highest BCUT2D eigenvalue weighted by Gasteiger charge is 2.23. The number of nitrogens with zero attached hydrogens (tertiary/aromatic N) is 3. The Balaban J connectivity index is 1.82. The van der Waals surface area contributed by atoms with E-state index < -0.39 is 11.8 Å². The molecule has 6 N–H and O–H groups in total. The maximum atomic E-state index is 12.6. The number of anilines is 3. The van der Waals surface area contributed by atoms with Gasteiger partial charge in [-0.05, 0) is 37.9 Å². The Labute approximate surface area is 184 Å². The van der Waals surface area contributed by atoms with Gasteiger partial charge in [0.1, 0.15) is 16.4 Å². The molecule has 0 aromatic carbocycles. The Kier molecular flexibility index (Phi) is 6.39. The smallest absolute Gasteiger partial charge is 0.271 e. The Morgan fingerprint density at radius 1 is 1.27 bits per heavy atom. The third kappa shape index (κ3) is 4.61. The molecule has 0 atom stereocenters. The first-order chi connectivity index (χ1) is 14.2. The number of thiazole rings is 1. The molecular formula is C17H18ClN7O3S2. The Bertz CT molecular complexity index is 1090. The fraction of sp³-hybridized carbons (Fsp3) is 0.235. The minimum Gasteiger partial charge on any atom is -0.492 e. The number of hydrogen-bond donors (Lipinski definition) is 6. The van der Waals surface area contributed by atoms with Crippen molar-refractivity contribution >= 4 is 62.0 Å². The Hall–Kier alpha value is -2.96. The standard InChI is InChI=1S/C17H18ClN7O3S2/c1-6(2)21-12(19)9-13(26)25-30-16(9)24-17-23-15(28)11(29-17)14(27)22-10-7(3)4-20-5-8(10)18/h4-6,28H,1-3H3,(H2,19,21)(H,23,24)(H,25,26)(H,20,22,27). The van der Waals surface area contributed by atoms with E-state index in [1.54, 1.807) is 13.1 Å². The summed E-state index contributed by atoms with van der Waals surface area (Å²) >= 11 is 7.90. The lowest BCUT2D eigenvalue weighted by Gasteiger charge is -2.11. The van der Waals surface area contributed by atoms with Crippen LogP contribution < -0.4 is 16.0 Å². The predicted octanol–water partition coefficient (Wildman–Crippen LogP) is 3.69. The second-order valence-electron chi connectivity index (χ2n) is 6.45. The number of amidine groups is 1. The lowest BCUT2D eigenvalue weighted by molar-refractivity contribution is 0.102. The number of halogens is 1. The monoisotopic (exact) mass is 467 g/mol. The van der Waals surface area contributed by atoms with Gasteiger partial charge in [0.15, 0.2) is 10.0 Å². The molecule has 0 fully saturated rings. The van der Waals surface area contributed by atoms with Crippen LogP contribution in [0.25, 0.3) is 0 Å². The van der Waals surface area contributed by atoms with Crippen molar-refractivity contribution in [3.63, 3.8) is 0 Å². The summed E-state index contributed by atoms with van der Waals surface area (Å²) in [6, 6.07) is -0.0210. The fourth-order valence-corrected chi connectivity index (χ4v) is 4.20. The lowest BCUT2D eigenvalue weighted by atomic mass is 10.2. The van der Waals surface area contributed by atoms with Crippen LogP contribution in [0.2, 0.25) is 5.02 Å². The normalized spacial score (nSPS) is 10.8. The zero-order valence-corrected chi connectivity index (χ0v) is 18.5. The molecule has 3 aromatic rings. The van der Waals surface area contributed by atoms with Crippen LogP contribution in [0.4, 0.5) is 15.8 Å². The number of carbonyl (C=O) groups is 1. The molecule has 0 radical (unpaired) electrons.